The second-order valence-electron chi connectivity index (χ2n) is 3.02. The molecule has 0 aromatic heterocycles. The molecule has 0 spiro atoms. The van der Waals surface area contributed by atoms with Crippen molar-refractivity contribution in [2.75, 3.05) is 0 Å². The summed E-state index contributed by atoms with van der Waals surface area (Å²) in [6.07, 6.45) is 0.359. The van der Waals surface area contributed by atoms with E-state index in [1.54, 1.807) is 0 Å². The van der Waals surface area contributed by atoms with E-state index in [-0.39, 0.29) is 12.8 Å². The summed E-state index contributed by atoms with van der Waals surface area (Å²) in [4.78, 5) is 31.7. The highest BCUT2D eigenvalue weighted by molar-refractivity contribution is 6.63. The van der Waals surface area contributed by atoms with Gasteiger partial charge in [-0.1, -0.05) is 0 Å². The molecule has 0 rings (SSSR count). The highest BCUT2D eigenvalue weighted by atomic mass is 35.5. The van der Waals surface area contributed by atoms with Gasteiger partial charge in [-0.15, -0.1) is 0 Å². The van der Waals surface area contributed by atoms with Crippen LogP contribution in [0, 0.1) is 0 Å². The zero-order chi connectivity index (χ0) is 11.8. The first-order chi connectivity index (χ1) is 6.91. The third-order valence-corrected chi connectivity index (χ3v) is 2.04. The van der Waals surface area contributed by atoms with E-state index in [1.807, 2.05) is 0 Å². The highest BCUT2D eigenvalue weighted by Gasteiger charge is 2.14. The Bertz CT molecular complexity index is 234. The first kappa shape index (κ1) is 14.4. The molecular formula is C9H12Cl2O4. The van der Waals surface area contributed by atoms with Gasteiger partial charge in [-0.2, -0.15) is 0 Å². The van der Waals surface area contributed by atoms with E-state index in [4.69, 9.17) is 27.9 Å². The number of rotatable bonds is 7. The Morgan fingerprint density at radius 2 is 1.47 bits per heavy atom. The van der Waals surface area contributed by atoms with E-state index in [2.05, 4.69) is 0 Å². The fourth-order valence-electron chi connectivity index (χ4n) is 1.05. The molecule has 0 heterocycles. The Labute approximate surface area is 97.9 Å². The van der Waals surface area contributed by atoms with Gasteiger partial charge in [-0.3, -0.25) is 14.4 Å². The predicted octanol–water partition coefficient (Wildman–Crippen LogP) is 2.01. The molecule has 86 valence electrons. The largest absolute Gasteiger partial charge is 0.463 e. The van der Waals surface area contributed by atoms with Crippen LogP contribution in [0.25, 0.3) is 0 Å². The lowest BCUT2D eigenvalue weighted by Gasteiger charge is -2.14. The quantitative estimate of drug-likeness (QED) is 0.515. The van der Waals surface area contributed by atoms with Crippen molar-refractivity contribution >= 4 is 39.7 Å². The summed E-state index contributed by atoms with van der Waals surface area (Å²) in [7, 11) is 0. The summed E-state index contributed by atoms with van der Waals surface area (Å²) in [5.74, 6) is -0.455. The molecule has 0 aromatic rings. The molecule has 0 radical (unpaired) electrons. The number of carbonyl (C=O) groups excluding carboxylic acids is 3. The van der Waals surface area contributed by atoms with Crippen LogP contribution in [0.2, 0.25) is 0 Å². The molecule has 0 bridgehead atoms. The Balaban J connectivity index is 3.99. The Morgan fingerprint density at radius 3 is 1.73 bits per heavy atom. The molecule has 0 fully saturated rings. The molecule has 0 aromatic carbocycles. The van der Waals surface area contributed by atoms with Crippen LogP contribution < -0.4 is 0 Å². The molecule has 0 aliphatic rings. The lowest BCUT2D eigenvalue weighted by Crippen LogP contribution is -2.17. The monoisotopic (exact) mass is 254 g/mol. The minimum absolute atomic E-state index is 0.107. The van der Waals surface area contributed by atoms with E-state index >= 15 is 0 Å². The molecule has 0 N–H and O–H groups in total. The van der Waals surface area contributed by atoms with Gasteiger partial charge < -0.3 is 4.74 Å². The summed E-state index contributed by atoms with van der Waals surface area (Å²) in [5, 5.41) is -0.992. The van der Waals surface area contributed by atoms with Crippen LogP contribution in [0.4, 0.5) is 0 Å². The molecule has 0 amide bonds. The van der Waals surface area contributed by atoms with Gasteiger partial charge in [0, 0.05) is 19.8 Å². The normalized spacial score (nSPS) is 10.1. The number of esters is 1. The summed E-state index contributed by atoms with van der Waals surface area (Å²) in [5.41, 5.74) is 0. The molecule has 0 saturated carbocycles. The van der Waals surface area contributed by atoms with E-state index in [9.17, 15) is 14.4 Å². The van der Waals surface area contributed by atoms with E-state index in [0.717, 1.165) is 0 Å². The van der Waals surface area contributed by atoms with E-state index in [0.29, 0.717) is 12.8 Å². The van der Waals surface area contributed by atoms with Crippen LogP contribution in [0.3, 0.4) is 0 Å². The van der Waals surface area contributed by atoms with Crippen molar-refractivity contribution in [2.24, 2.45) is 0 Å². The van der Waals surface area contributed by atoms with E-state index in [1.165, 1.54) is 6.92 Å². The minimum Gasteiger partial charge on any atom is -0.463 e. The lowest BCUT2D eigenvalue weighted by atomic mass is 10.1. The maximum atomic E-state index is 10.7. The average Bonchev–Trinajstić information content (AvgIpc) is 2.08. The lowest BCUT2D eigenvalue weighted by molar-refractivity contribution is -0.147. The first-order valence-corrected chi connectivity index (χ1v) is 5.21. The summed E-state index contributed by atoms with van der Waals surface area (Å²) in [6, 6.07) is 0. The molecule has 0 aliphatic carbocycles. The summed E-state index contributed by atoms with van der Waals surface area (Å²) in [6.45, 7) is 1.26. The van der Waals surface area contributed by atoms with Crippen LogP contribution in [-0.2, 0) is 19.1 Å². The second kappa shape index (κ2) is 7.65. The van der Waals surface area contributed by atoms with Gasteiger partial charge >= 0.3 is 5.97 Å². The fraction of sp³-hybridized carbons (Fsp3) is 0.667. The predicted molar refractivity (Wildman–Crippen MR) is 55.7 cm³/mol. The number of halogens is 2. The van der Waals surface area contributed by atoms with Gasteiger partial charge in [0.1, 0.15) is 6.10 Å². The molecule has 6 heteroatoms. The van der Waals surface area contributed by atoms with Gasteiger partial charge in [0.25, 0.3) is 0 Å². The molecular weight excluding hydrogens is 243 g/mol. The van der Waals surface area contributed by atoms with Crippen molar-refractivity contribution in [2.45, 2.75) is 38.7 Å². The van der Waals surface area contributed by atoms with Gasteiger partial charge in [0.05, 0.1) is 0 Å². The smallest absolute Gasteiger partial charge is 0.302 e. The van der Waals surface area contributed by atoms with Crippen molar-refractivity contribution in [3.8, 4) is 0 Å². The van der Waals surface area contributed by atoms with Crippen molar-refractivity contribution in [1.82, 2.24) is 0 Å². The number of hydrogen-bond acceptors (Lipinski definition) is 4. The number of ether oxygens (including phenoxy) is 1. The third kappa shape index (κ3) is 9.69. The third-order valence-electron chi connectivity index (χ3n) is 1.66. The molecule has 0 aliphatic heterocycles. The van der Waals surface area contributed by atoms with Crippen molar-refractivity contribution in [3.63, 3.8) is 0 Å². The van der Waals surface area contributed by atoms with Crippen LogP contribution >= 0.6 is 23.2 Å². The van der Waals surface area contributed by atoms with Crippen molar-refractivity contribution in [1.29, 1.82) is 0 Å². The standard InChI is InChI=1S/C9H12Cl2O4/c1-6(12)15-7(2-4-8(10)13)3-5-9(11)14/h7H,2-5H2,1H3. The fourth-order valence-corrected chi connectivity index (χ4v) is 1.26. The maximum Gasteiger partial charge on any atom is 0.302 e. The first-order valence-electron chi connectivity index (χ1n) is 4.45. The molecule has 0 unspecified atom stereocenters. The number of carbonyl (C=O) groups is 3. The zero-order valence-corrected chi connectivity index (χ0v) is 9.81. The SMILES string of the molecule is CC(=O)OC(CCC(=O)Cl)CCC(=O)Cl. The van der Waals surface area contributed by atoms with Gasteiger partial charge in [0.15, 0.2) is 0 Å². The Kier molecular flexibility index (Phi) is 7.34. The van der Waals surface area contributed by atoms with Crippen molar-refractivity contribution < 1.29 is 19.1 Å². The van der Waals surface area contributed by atoms with Gasteiger partial charge in [0.2, 0.25) is 10.5 Å². The number of hydrogen-bond donors (Lipinski definition) is 0. The molecule has 4 nitrogen and oxygen atoms in total. The highest BCUT2D eigenvalue weighted by Crippen LogP contribution is 2.12. The summed E-state index contributed by atoms with van der Waals surface area (Å²) < 4.78 is 4.89. The summed E-state index contributed by atoms with van der Waals surface area (Å²) >= 11 is 10.3. The minimum atomic E-state index is -0.496. The van der Waals surface area contributed by atoms with Crippen LogP contribution in [-0.4, -0.2) is 22.6 Å². The molecule has 15 heavy (non-hydrogen) atoms. The molecule has 0 saturated heterocycles. The van der Waals surface area contributed by atoms with Gasteiger partial charge in [-0.25, -0.2) is 0 Å². The topological polar surface area (TPSA) is 60.4 Å². The van der Waals surface area contributed by atoms with E-state index < -0.39 is 22.6 Å². The average molecular weight is 255 g/mol. The van der Waals surface area contributed by atoms with Crippen LogP contribution in [0.5, 0.6) is 0 Å². The maximum absolute atomic E-state index is 10.7. The van der Waals surface area contributed by atoms with Crippen molar-refractivity contribution in [3.05, 3.63) is 0 Å². The zero-order valence-electron chi connectivity index (χ0n) is 8.29. The Morgan fingerprint density at radius 1 is 1.07 bits per heavy atom. The molecule has 0 atom stereocenters. The second-order valence-corrected chi connectivity index (χ2v) is 3.86. The van der Waals surface area contributed by atoms with Crippen LogP contribution in [0.1, 0.15) is 32.6 Å². The Hall–Kier alpha value is -0.610. The van der Waals surface area contributed by atoms with Crippen LogP contribution in [0.15, 0.2) is 0 Å². The van der Waals surface area contributed by atoms with Gasteiger partial charge in [-0.05, 0) is 36.0 Å².